The molecule has 17 heteroatoms. The van der Waals surface area contributed by atoms with E-state index in [1.807, 2.05) is 38.1 Å². The third-order valence-electron chi connectivity index (χ3n) is 5.85. The van der Waals surface area contributed by atoms with Gasteiger partial charge in [0.05, 0.1) is 14.2 Å². The number of carboxylic acid groups (broad SMARTS) is 2. The van der Waals surface area contributed by atoms with E-state index in [1.165, 1.54) is 5.56 Å². The fraction of sp³-hybridized carbons (Fsp3) is 0.538. The molecule has 0 amide bonds. The van der Waals surface area contributed by atoms with Crippen molar-refractivity contribution in [2.45, 2.75) is 63.6 Å². The molecule has 4 N–H and O–H groups in total. The van der Waals surface area contributed by atoms with Gasteiger partial charge in [0, 0.05) is 44.9 Å². The van der Waals surface area contributed by atoms with Crippen molar-refractivity contribution < 1.29 is 55.6 Å². The Kier molecular flexibility index (Phi) is 14.3. The summed E-state index contributed by atoms with van der Waals surface area (Å²) in [5.74, 6) is -1.22. The maximum absolute atomic E-state index is 10.6. The molecular formula is C26H35F6N5O6. The number of aryl methyl sites for hydroxylation is 1. The summed E-state index contributed by atoms with van der Waals surface area (Å²) in [5.41, 5.74) is 1.18. The normalized spacial score (nSPS) is 16.4. The van der Waals surface area contributed by atoms with E-state index in [0.29, 0.717) is 12.1 Å². The predicted octanol–water partition coefficient (Wildman–Crippen LogP) is 4.65. The van der Waals surface area contributed by atoms with E-state index < -0.39 is 24.3 Å². The number of halogens is 6. The number of ether oxygens (including phenoxy) is 2. The van der Waals surface area contributed by atoms with Crippen LogP contribution in [-0.4, -0.2) is 84.9 Å². The zero-order chi connectivity index (χ0) is 33.0. The van der Waals surface area contributed by atoms with E-state index in [9.17, 15) is 26.3 Å². The van der Waals surface area contributed by atoms with E-state index in [-0.39, 0.29) is 0 Å². The van der Waals surface area contributed by atoms with Gasteiger partial charge in [-0.25, -0.2) is 19.6 Å². The first-order valence-electron chi connectivity index (χ1n) is 12.7. The minimum absolute atomic E-state index is 0.453. The summed E-state index contributed by atoms with van der Waals surface area (Å²) in [6.07, 6.45) is -5.63. The van der Waals surface area contributed by atoms with Crippen LogP contribution in [0.5, 0.6) is 11.5 Å². The molecule has 1 aromatic carbocycles. The van der Waals surface area contributed by atoms with Crippen molar-refractivity contribution in [1.82, 2.24) is 15.3 Å². The van der Waals surface area contributed by atoms with Crippen molar-refractivity contribution in [3.63, 3.8) is 0 Å². The first-order valence-corrected chi connectivity index (χ1v) is 12.7. The first-order chi connectivity index (χ1) is 19.8. The largest absolute Gasteiger partial charge is 0.497 e. The van der Waals surface area contributed by atoms with Crippen molar-refractivity contribution >= 4 is 23.6 Å². The number of hydrogen-bond donors (Lipinski definition) is 4. The molecule has 0 bridgehead atoms. The van der Waals surface area contributed by atoms with Gasteiger partial charge in [-0.3, -0.25) is 0 Å². The molecule has 11 nitrogen and oxygen atoms in total. The van der Waals surface area contributed by atoms with Gasteiger partial charge in [0.25, 0.3) is 0 Å². The lowest BCUT2D eigenvalue weighted by Crippen LogP contribution is -2.36. The lowest BCUT2D eigenvalue weighted by atomic mass is 9.91. The van der Waals surface area contributed by atoms with Crippen molar-refractivity contribution in [2.75, 3.05) is 38.5 Å². The van der Waals surface area contributed by atoms with Gasteiger partial charge < -0.3 is 35.2 Å². The zero-order valence-corrected chi connectivity index (χ0v) is 24.1. The van der Waals surface area contributed by atoms with Crippen LogP contribution in [0.2, 0.25) is 0 Å². The molecule has 0 radical (unpaired) electrons. The molecule has 1 fully saturated rings. The number of benzene rings is 1. The average Bonchev–Trinajstić information content (AvgIpc) is 2.91. The van der Waals surface area contributed by atoms with Crippen LogP contribution in [0.3, 0.4) is 0 Å². The van der Waals surface area contributed by atoms with E-state index in [1.54, 1.807) is 14.2 Å². The molecule has 1 aliphatic rings. The smallest absolute Gasteiger partial charge is 0.490 e. The molecule has 3 rings (SSSR count). The third-order valence-corrected chi connectivity index (χ3v) is 5.85. The van der Waals surface area contributed by atoms with Crippen LogP contribution in [0, 0.1) is 6.92 Å². The number of nitrogens with one attached hydrogen (secondary N) is 2. The van der Waals surface area contributed by atoms with Crippen LogP contribution >= 0.6 is 0 Å². The van der Waals surface area contributed by atoms with E-state index in [4.69, 9.17) is 29.3 Å². The van der Waals surface area contributed by atoms with Gasteiger partial charge in [-0.2, -0.15) is 26.3 Å². The number of hydrogen-bond acceptors (Lipinski definition) is 9. The predicted molar refractivity (Wildman–Crippen MR) is 145 cm³/mol. The Hall–Kier alpha value is -4.02. The molecule has 1 saturated carbocycles. The van der Waals surface area contributed by atoms with Gasteiger partial charge in [-0.05, 0) is 50.3 Å². The topological polar surface area (TPSA) is 146 Å². The van der Waals surface area contributed by atoms with Crippen LogP contribution < -0.4 is 25.0 Å². The lowest BCUT2D eigenvalue weighted by molar-refractivity contribution is -0.193. The Morgan fingerprint density at radius 2 is 1.30 bits per heavy atom. The molecule has 0 saturated heterocycles. The van der Waals surface area contributed by atoms with Crippen LogP contribution in [-0.2, 0) is 16.1 Å². The second-order valence-corrected chi connectivity index (χ2v) is 9.45. The highest BCUT2D eigenvalue weighted by atomic mass is 19.4. The number of aliphatic carboxylic acids is 2. The molecule has 0 atom stereocenters. The molecule has 0 aliphatic heterocycles. The Bertz CT molecular complexity index is 1140. The lowest BCUT2D eigenvalue weighted by Gasteiger charge is -2.30. The second-order valence-electron chi connectivity index (χ2n) is 9.45. The van der Waals surface area contributed by atoms with E-state index in [2.05, 4.69) is 32.7 Å². The Morgan fingerprint density at radius 3 is 1.70 bits per heavy atom. The molecule has 0 unspecified atom stereocenters. The van der Waals surface area contributed by atoms with Gasteiger partial charge in [-0.15, -0.1) is 0 Å². The standard InChI is InChI=1S/C22H33N5O2.2C2HF3O2/c1-15-24-21(13-22(25-15)27(2)3)26-18-8-6-17(7-9-18)23-14-16-10-19(28-4)12-20(11-16)29-5;2*3-2(4,5)1(6)7/h10-13,17-18,23H,6-9,14H2,1-5H3,(H,24,25,26);2*(H,6,7)/t17-,18+;;. The van der Waals surface area contributed by atoms with Gasteiger partial charge in [0.15, 0.2) is 0 Å². The minimum Gasteiger partial charge on any atom is -0.497 e. The Morgan fingerprint density at radius 1 is 0.860 bits per heavy atom. The number of anilines is 2. The summed E-state index contributed by atoms with van der Waals surface area (Å²) in [6.45, 7) is 2.75. The summed E-state index contributed by atoms with van der Waals surface area (Å²) in [6, 6.07) is 9.01. The number of rotatable bonds is 8. The van der Waals surface area contributed by atoms with Gasteiger partial charge in [-0.1, -0.05) is 0 Å². The zero-order valence-electron chi connectivity index (χ0n) is 24.1. The molecule has 43 heavy (non-hydrogen) atoms. The number of nitrogens with zero attached hydrogens (tertiary/aromatic N) is 3. The van der Waals surface area contributed by atoms with Crippen molar-refractivity contribution in [2.24, 2.45) is 0 Å². The highest BCUT2D eigenvalue weighted by molar-refractivity contribution is 5.73. The summed E-state index contributed by atoms with van der Waals surface area (Å²) in [5, 5.41) is 21.5. The highest BCUT2D eigenvalue weighted by Gasteiger charge is 2.38. The second kappa shape index (κ2) is 16.6. The van der Waals surface area contributed by atoms with Gasteiger partial charge in [0.1, 0.15) is 29.0 Å². The molecular weight excluding hydrogens is 592 g/mol. The van der Waals surface area contributed by atoms with Crippen LogP contribution in [0.1, 0.15) is 37.1 Å². The summed E-state index contributed by atoms with van der Waals surface area (Å²) in [7, 11) is 7.36. The molecule has 1 aromatic heterocycles. The van der Waals surface area contributed by atoms with Crippen LogP contribution in [0.15, 0.2) is 24.3 Å². The Labute approximate surface area is 244 Å². The number of methoxy groups -OCH3 is 2. The summed E-state index contributed by atoms with van der Waals surface area (Å²) in [4.78, 5) is 28.8. The van der Waals surface area contributed by atoms with Crippen LogP contribution in [0.4, 0.5) is 38.0 Å². The number of carbonyl (C=O) groups is 2. The highest BCUT2D eigenvalue weighted by Crippen LogP contribution is 2.25. The molecule has 1 heterocycles. The monoisotopic (exact) mass is 627 g/mol. The van der Waals surface area contributed by atoms with Crippen molar-refractivity contribution in [1.29, 1.82) is 0 Å². The van der Waals surface area contributed by atoms with Gasteiger partial charge in [0.2, 0.25) is 0 Å². The maximum Gasteiger partial charge on any atom is 0.490 e. The first kappa shape index (κ1) is 37.0. The molecule has 0 spiro atoms. The molecule has 242 valence electrons. The third kappa shape index (κ3) is 14.1. The molecule has 1 aliphatic carbocycles. The SMILES string of the molecule is COc1cc(CN[C@H]2CC[C@@H](Nc3cc(N(C)C)nc(C)n3)CC2)cc(OC)c1.O=C(O)C(F)(F)F.O=C(O)C(F)(F)F. The van der Waals surface area contributed by atoms with Crippen molar-refractivity contribution in [3.05, 3.63) is 35.7 Å². The number of alkyl halides is 6. The van der Waals surface area contributed by atoms with Crippen molar-refractivity contribution in [3.8, 4) is 11.5 Å². The Balaban J connectivity index is 0.000000548. The summed E-state index contributed by atoms with van der Waals surface area (Å²) < 4.78 is 74.2. The fourth-order valence-electron chi connectivity index (χ4n) is 3.74. The van der Waals surface area contributed by atoms with Crippen LogP contribution in [0.25, 0.3) is 0 Å². The summed E-state index contributed by atoms with van der Waals surface area (Å²) >= 11 is 0. The van der Waals surface area contributed by atoms with E-state index in [0.717, 1.165) is 61.2 Å². The maximum atomic E-state index is 10.6. The minimum atomic E-state index is -5.08. The quantitative estimate of drug-likeness (QED) is 0.304. The average molecular weight is 628 g/mol. The number of aromatic nitrogens is 2. The number of carboxylic acids is 2. The molecule has 2 aromatic rings. The van der Waals surface area contributed by atoms with E-state index >= 15 is 0 Å². The fourth-order valence-corrected chi connectivity index (χ4v) is 3.74. The van der Waals surface area contributed by atoms with Gasteiger partial charge >= 0.3 is 24.3 Å².